The van der Waals surface area contributed by atoms with Crippen LogP contribution in [-0.2, 0) is 7.05 Å². The van der Waals surface area contributed by atoms with Crippen molar-refractivity contribution in [3.8, 4) is 11.1 Å². The van der Waals surface area contributed by atoms with Gasteiger partial charge in [0.05, 0.1) is 18.1 Å². The van der Waals surface area contributed by atoms with Gasteiger partial charge in [0.2, 0.25) is 0 Å². The lowest BCUT2D eigenvalue weighted by Gasteiger charge is -2.02. The second kappa shape index (κ2) is 5.71. The molecule has 2 heterocycles. The van der Waals surface area contributed by atoms with Crippen LogP contribution in [0.4, 0.5) is 0 Å². The molecule has 0 aliphatic carbocycles. The Kier molecular flexibility index (Phi) is 3.60. The first-order valence-electron chi connectivity index (χ1n) is 6.76. The third kappa shape index (κ3) is 3.05. The molecule has 0 aliphatic rings. The SMILES string of the molecule is CC(=Cc1cccc(-c2cnn(C)c2)c1)c1cnccn1. The highest BCUT2D eigenvalue weighted by Gasteiger charge is 2.02. The van der Waals surface area contributed by atoms with Gasteiger partial charge >= 0.3 is 0 Å². The van der Waals surface area contributed by atoms with Gasteiger partial charge in [0.15, 0.2) is 0 Å². The fourth-order valence-corrected chi connectivity index (χ4v) is 2.20. The summed E-state index contributed by atoms with van der Waals surface area (Å²) >= 11 is 0. The number of benzene rings is 1. The summed E-state index contributed by atoms with van der Waals surface area (Å²) in [7, 11) is 1.92. The summed E-state index contributed by atoms with van der Waals surface area (Å²) in [6.07, 6.45) is 11.2. The van der Waals surface area contributed by atoms with Crippen LogP contribution < -0.4 is 0 Å². The molecule has 0 bridgehead atoms. The quantitative estimate of drug-likeness (QED) is 0.736. The molecule has 0 aliphatic heterocycles. The van der Waals surface area contributed by atoms with Crippen molar-refractivity contribution in [2.45, 2.75) is 6.92 Å². The minimum Gasteiger partial charge on any atom is -0.275 e. The van der Waals surface area contributed by atoms with Gasteiger partial charge in [-0.3, -0.25) is 14.6 Å². The normalized spacial score (nSPS) is 11.6. The number of hydrogen-bond donors (Lipinski definition) is 0. The Morgan fingerprint density at radius 1 is 1.14 bits per heavy atom. The summed E-state index contributed by atoms with van der Waals surface area (Å²) in [4.78, 5) is 8.42. The van der Waals surface area contributed by atoms with Gasteiger partial charge in [-0.05, 0) is 35.8 Å². The summed E-state index contributed by atoms with van der Waals surface area (Å²) in [6, 6.07) is 8.38. The maximum absolute atomic E-state index is 4.31. The fourth-order valence-electron chi connectivity index (χ4n) is 2.20. The first-order valence-corrected chi connectivity index (χ1v) is 6.76. The standard InChI is InChI=1S/C17H16N4/c1-13(17-11-18-6-7-19-17)8-14-4-3-5-15(9-14)16-10-20-21(2)12-16/h3-12H,1-2H3. The summed E-state index contributed by atoms with van der Waals surface area (Å²) < 4.78 is 1.81. The zero-order valence-corrected chi connectivity index (χ0v) is 12.1. The molecule has 0 radical (unpaired) electrons. The molecule has 0 unspecified atom stereocenters. The Bertz CT molecular complexity index is 772. The number of rotatable bonds is 3. The average Bonchev–Trinajstić information content (AvgIpc) is 2.95. The highest BCUT2D eigenvalue weighted by Crippen LogP contribution is 2.22. The highest BCUT2D eigenvalue weighted by molar-refractivity contribution is 5.79. The zero-order chi connectivity index (χ0) is 14.7. The second-order valence-corrected chi connectivity index (χ2v) is 4.95. The molecule has 0 amide bonds. The first-order chi connectivity index (χ1) is 10.2. The smallest absolute Gasteiger partial charge is 0.0842 e. The fraction of sp³-hybridized carbons (Fsp3) is 0.118. The molecule has 4 heteroatoms. The van der Waals surface area contributed by atoms with Crippen LogP contribution in [-0.4, -0.2) is 19.7 Å². The van der Waals surface area contributed by atoms with E-state index in [1.54, 1.807) is 18.6 Å². The minimum absolute atomic E-state index is 0.893. The lowest BCUT2D eigenvalue weighted by atomic mass is 10.0. The molecule has 0 fully saturated rings. The van der Waals surface area contributed by atoms with E-state index in [2.05, 4.69) is 45.4 Å². The van der Waals surface area contributed by atoms with Crippen molar-refractivity contribution in [3.05, 3.63) is 66.5 Å². The van der Waals surface area contributed by atoms with Crippen molar-refractivity contribution in [3.63, 3.8) is 0 Å². The van der Waals surface area contributed by atoms with Gasteiger partial charge in [-0.1, -0.05) is 18.2 Å². The van der Waals surface area contributed by atoms with Gasteiger partial charge in [-0.2, -0.15) is 5.10 Å². The van der Waals surface area contributed by atoms with E-state index in [-0.39, 0.29) is 0 Å². The highest BCUT2D eigenvalue weighted by atomic mass is 15.2. The van der Waals surface area contributed by atoms with E-state index < -0.39 is 0 Å². The van der Waals surface area contributed by atoms with E-state index in [0.717, 1.165) is 28.0 Å². The Balaban J connectivity index is 1.93. The van der Waals surface area contributed by atoms with Crippen LogP contribution in [0.15, 0.2) is 55.2 Å². The van der Waals surface area contributed by atoms with E-state index in [1.165, 1.54) is 0 Å². The molecule has 0 atom stereocenters. The predicted molar refractivity (Wildman–Crippen MR) is 84.2 cm³/mol. The van der Waals surface area contributed by atoms with Crippen molar-refractivity contribution in [2.24, 2.45) is 7.05 Å². The summed E-state index contributed by atoms with van der Waals surface area (Å²) in [5, 5.41) is 4.21. The van der Waals surface area contributed by atoms with Crippen LogP contribution in [0.3, 0.4) is 0 Å². The summed E-state index contributed by atoms with van der Waals surface area (Å²) in [5.41, 5.74) is 5.39. The molecule has 4 nitrogen and oxygen atoms in total. The van der Waals surface area contributed by atoms with Gasteiger partial charge < -0.3 is 0 Å². The molecule has 3 rings (SSSR count). The largest absolute Gasteiger partial charge is 0.275 e. The van der Waals surface area contributed by atoms with Crippen molar-refractivity contribution in [2.75, 3.05) is 0 Å². The number of hydrogen-bond acceptors (Lipinski definition) is 3. The van der Waals surface area contributed by atoms with Gasteiger partial charge in [0, 0.05) is 31.2 Å². The van der Waals surface area contributed by atoms with Crippen LogP contribution >= 0.6 is 0 Å². The molecule has 0 saturated heterocycles. The molecular weight excluding hydrogens is 260 g/mol. The lowest BCUT2D eigenvalue weighted by molar-refractivity contribution is 0.768. The van der Waals surface area contributed by atoms with Gasteiger partial charge in [0.25, 0.3) is 0 Å². The Hall–Kier alpha value is -2.75. The van der Waals surface area contributed by atoms with E-state index in [1.807, 2.05) is 31.0 Å². The maximum Gasteiger partial charge on any atom is 0.0842 e. The summed E-state index contributed by atoms with van der Waals surface area (Å²) in [6.45, 7) is 2.04. The zero-order valence-electron chi connectivity index (χ0n) is 12.1. The van der Waals surface area contributed by atoms with E-state index in [0.29, 0.717) is 0 Å². The maximum atomic E-state index is 4.31. The Morgan fingerprint density at radius 3 is 2.76 bits per heavy atom. The molecule has 0 saturated carbocycles. The van der Waals surface area contributed by atoms with Crippen molar-refractivity contribution in [1.82, 2.24) is 19.7 Å². The topological polar surface area (TPSA) is 43.6 Å². The van der Waals surface area contributed by atoms with E-state index in [9.17, 15) is 0 Å². The summed E-state index contributed by atoms with van der Waals surface area (Å²) in [5.74, 6) is 0. The van der Waals surface area contributed by atoms with Crippen molar-refractivity contribution < 1.29 is 0 Å². The Labute approximate surface area is 123 Å². The number of aromatic nitrogens is 4. The van der Waals surface area contributed by atoms with Gasteiger partial charge in [-0.25, -0.2) is 0 Å². The number of aryl methyl sites for hydroxylation is 1. The molecule has 21 heavy (non-hydrogen) atoms. The minimum atomic E-state index is 0.893. The molecule has 104 valence electrons. The van der Waals surface area contributed by atoms with Crippen LogP contribution in [0, 0.1) is 0 Å². The monoisotopic (exact) mass is 276 g/mol. The van der Waals surface area contributed by atoms with Crippen LogP contribution in [0.25, 0.3) is 22.8 Å². The van der Waals surface area contributed by atoms with Crippen molar-refractivity contribution >= 4 is 11.6 Å². The molecule has 2 aromatic heterocycles. The molecule has 3 aromatic rings. The van der Waals surface area contributed by atoms with Crippen molar-refractivity contribution in [1.29, 1.82) is 0 Å². The van der Waals surface area contributed by atoms with Gasteiger partial charge in [-0.15, -0.1) is 0 Å². The Morgan fingerprint density at radius 2 is 2.05 bits per heavy atom. The average molecular weight is 276 g/mol. The van der Waals surface area contributed by atoms with E-state index >= 15 is 0 Å². The predicted octanol–water partition coefficient (Wildman–Crippen LogP) is 3.44. The van der Waals surface area contributed by atoms with Crippen LogP contribution in [0.2, 0.25) is 0 Å². The molecule has 0 N–H and O–H groups in total. The van der Waals surface area contributed by atoms with Crippen LogP contribution in [0.1, 0.15) is 18.2 Å². The third-order valence-electron chi connectivity index (χ3n) is 3.28. The van der Waals surface area contributed by atoms with Crippen LogP contribution in [0.5, 0.6) is 0 Å². The van der Waals surface area contributed by atoms with Gasteiger partial charge in [0.1, 0.15) is 0 Å². The number of nitrogens with zero attached hydrogens (tertiary/aromatic N) is 4. The third-order valence-corrected chi connectivity index (χ3v) is 3.28. The van der Waals surface area contributed by atoms with E-state index in [4.69, 9.17) is 0 Å². The molecule has 0 spiro atoms. The molecular formula is C17H16N4. The first kappa shape index (κ1) is 13.2. The number of allylic oxidation sites excluding steroid dienone is 1. The second-order valence-electron chi connectivity index (χ2n) is 4.95. The molecule has 1 aromatic carbocycles. The lowest BCUT2D eigenvalue weighted by Crippen LogP contribution is -1.86.